The average molecular weight is 609 g/mol. The molecule has 0 radical (unpaired) electrons. The maximum absolute atomic E-state index is 12.1. The molecule has 0 bridgehead atoms. The van der Waals surface area contributed by atoms with Crippen molar-refractivity contribution in [3.63, 3.8) is 0 Å². The van der Waals surface area contributed by atoms with E-state index in [1.807, 2.05) is 0 Å². The van der Waals surface area contributed by atoms with Gasteiger partial charge in [0.05, 0.1) is 24.4 Å². The Labute approximate surface area is 258 Å². The molecule has 5 fully saturated rings. The molecule has 43 heavy (non-hydrogen) atoms. The van der Waals surface area contributed by atoms with Gasteiger partial charge in [0.1, 0.15) is 24.4 Å². The van der Waals surface area contributed by atoms with Crippen LogP contribution in [-0.2, 0) is 9.47 Å². The third-order valence-electron chi connectivity index (χ3n) is 14.0. The molecule has 0 aromatic rings. The van der Waals surface area contributed by atoms with E-state index >= 15 is 0 Å². The van der Waals surface area contributed by atoms with E-state index in [2.05, 4.69) is 54.5 Å². The summed E-state index contributed by atoms with van der Waals surface area (Å²) in [6.45, 7) is 15.0. The second-order valence-corrected chi connectivity index (χ2v) is 16.6. The fraction of sp³-hybridized carbons (Fsp3) is 0.943. The number of hydrogen-bond acceptors (Lipinski definition) is 8. The summed E-state index contributed by atoms with van der Waals surface area (Å²) in [6, 6.07) is 0. The quantitative estimate of drug-likeness (QED) is 0.239. The van der Waals surface area contributed by atoms with Gasteiger partial charge in [-0.25, -0.2) is 0 Å². The van der Waals surface area contributed by atoms with Gasteiger partial charge in [0.15, 0.2) is 6.29 Å². The smallest absolute Gasteiger partial charge is 0.187 e. The van der Waals surface area contributed by atoms with Crippen molar-refractivity contribution in [3.05, 3.63) is 11.6 Å². The number of aliphatic hydroxyl groups excluding tert-OH is 6. The normalized spacial score (nSPS) is 50.6. The maximum Gasteiger partial charge on any atom is 0.187 e. The van der Waals surface area contributed by atoms with Crippen molar-refractivity contribution >= 4 is 0 Å². The first-order valence-electron chi connectivity index (χ1n) is 17.0. The van der Waals surface area contributed by atoms with E-state index in [9.17, 15) is 30.6 Å². The van der Waals surface area contributed by atoms with Gasteiger partial charge in [-0.1, -0.05) is 39.3 Å². The van der Waals surface area contributed by atoms with E-state index < -0.39 is 49.0 Å². The van der Waals surface area contributed by atoms with Crippen LogP contribution in [0.1, 0.15) is 106 Å². The van der Waals surface area contributed by atoms with Gasteiger partial charge in [0, 0.05) is 0 Å². The largest absolute Gasteiger partial charge is 0.394 e. The van der Waals surface area contributed by atoms with Crippen molar-refractivity contribution in [1.29, 1.82) is 0 Å². The van der Waals surface area contributed by atoms with Crippen LogP contribution < -0.4 is 0 Å². The first kappa shape index (κ1) is 33.8. The van der Waals surface area contributed by atoms with Crippen LogP contribution in [0.3, 0.4) is 0 Å². The summed E-state index contributed by atoms with van der Waals surface area (Å²) in [5.41, 5.74) is 0.238. The molecule has 8 nitrogen and oxygen atoms in total. The Balaban J connectivity index is 1.46. The molecule has 15 atom stereocenters. The molecule has 5 aliphatic rings. The standard InChI is InChI=1S/C35H60O8/c1-19(2)9-8-14-35(7,43-31-30(41)29(40)28(39)25(18-36)42-31)22-13-16-34(6)27(22)24(37)17-23-20-10-11-26(38)32(3,4)21(20)12-15-33(23,34)5/h9,20-31,36-41H,8,10-18H2,1-7H3/t20?,21?,22?,23?,24?,25-,26?,27?,28-,29-,30-,31+,33?,34?,35?/m1/s1. The predicted octanol–water partition coefficient (Wildman–Crippen LogP) is 3.93. The zero-order valence-corrected chi connectivity index (χ0v) is 27.6. The minimum Gasteiger partial charge on any atom is -0.394 e. The summed E-state index contributed by atoms with van der Waals surface area (Å²) >= 11 is 0. The first-order chi connectivity index (χ1) is 20.0. The van der Waals surface area contributed by atoms with E-state index in [1.54, 1.807) is 0 Å². The summed E-state index contributed by atoms with van der Waals surface area (Å²) in [5, 5.41) is 64.6. The second-order valence-electron chi connectivity index (χ2n) is 16.6. The predicted molar refractivity (Wildman–Crippen MR) is 164 cm³/mol. The Bertz CT molecular complexity index is 1030. The van der Waals surface area contributed by atoms with Crippen molar-refractivity contribution in [2.45, 2.75) is 155 Å². The van der Waals surface area contributed by atoms with Gasteiger partial charge in [-0.15, -0.1) is 0 Å². The SMILES string of the molecule is CC(C)=CCCC(C)(O[C@@H]1O[C@H](CO)[C@@H](O)[C@@H](O)[C@H]1O)C1CCC2(C)C1C(O)CC1C3CCC(O)C(C)(C)C3CCC12C. The van der Waals surface area contributed by atoms with Crippen LogP contribution in [-0.4, -0.2) is 85.8 Å². The van der Waals surface area contributed by atoms with Gasteiger partial charge < -0.3 is 40.1 Å². The second kappa shape index (κ2) is 11.9. The summed E-state index contributed by atoms with van der Waals surface area (Å²) in [4.78, 5) is 0. The molecule has 1 saturated heterocycles. The topological polar surface area (TPSA) is 140 Å². The van der Waals surface area contributed by atoms with Crippen LogP contribution in [0.5, 0.6) is 0 Å². The molecule has 248 valence electrons. The lowest BCUT2D eigenvalue weighted by Gasteiger charge is -2.67. The fourth-order valence-corrected chi connectivity index (χ4v) is 11.2. The molecule has 0 aromatic heterocycles. The third kappa shape index (κ3) is 5.38. The highest BCUT2D eigenvalue weighted by Gasteiger charge is 2.69. The molecule has 0 spiro atoms. The first-order valence-corrected chi connectivity index (χ1v) is 17.0. The van der Waals surface area contributed by atoms with Gasteiger partial charge in [-0.3, -0.25) is 0 Å². The van der Waals surface area contributed by atoms with E-state index in [-0.39, 0.29) is 34.2 Å². The number of rotatable bonds is 7. The van der Waals surface area contributed by atoms with Crippen LogP contribution >= 0.6 is 0 Å². The Morgan fingerprint density at radius 1 is 0.884 bits per heavy atom. The lowest BCUT2D eigenvalue weighted by Crippen LogP contribution is -2.64. The van der Waals surface area contributed by atoms with Crippen molar-refractivity contribution < 1.29 is 40.1 Å². The minimum atomic E-state index is -1.50. The minimum absolute atomic E-state index is 0.00548. The van der Waals surface area contributed by atoms with Gasteiger partial charge in [0.2, 0.25) is 0 Å². The third-order valence-corrected chi connectivity index (χ3v) is 14.0. The average Bonchev–Trinajstić information content (AvgIpc) is 3.32. The van der Waals surface area contributed by atoms with Gasteiger partial charge in [-0.05, 0) is 124 Å². The maximum atomic E-state index is 12.1. The lowest BCUT2D eigenvalue weighted by atomic mass is 9.39. The highest BCUT2D eigenvalue weighted by Crippen LogP contribution is 2.73. The monoisotopic (exact) mass is 608 g/mol. The van der Waals surface area contributed by atoms with E-state index in [1.165, 1.54) is 5.57 Å². The summed E-state index contributed by atoms with van der Waals surface area (Å²) < 4.78 is 12.6. The van der Waals surface area contributed by atoms with Crippen LogP contribution in [0.2, 0.25) is 0 Å². The summed E-state index contributed by atoms with van der Waals surface area (Å²) in [5.74, 6) is 1.34. The Kier molecular flexibility index (Phi) is 9.34. The van der Waals surface area contributed by atoms with Gasteiger partial charge in [0.25, 0.3) is 0 Å². The Hall–Kier alpha value is -0.580. The molecule has 1 heterocycles. The number of ether oxygens (including phenoxy) is 2. The number of hydrogen-bond donors (Lipinski definition) is 6. The van der Waals surface area contributed by atoms with Crippen molar-refractivity contribution in [3.8, 4) is 0 Å². The van der Waals surface area contributed by atoms with Crippen LogP contribution in [0.15, 0.2) is 11.6 Å². The highest BCUT2D eigenvalue weighted by atomic mass is 16.7. The van der Waals surface area contributed by atoms with E-state index in [0.717, 1.165) is 51.4 Å². The van der Waals surface area contributed by atoms with E-state index in [0.29, 0.717) is 24.2 Å². The number of allylic oxidation sites excluding steroid dienone is 2. The molecule has 0 amide bonds. The number of aliphatic hydroxyl groups is 6. The molecule has 5 rings (SSSR count). The zero-order chi connectivity index (χ0) is 31.7. The van der Waals surface area contributed by atoms with Crippen LogP contribution in [0.25, 0.3) is 0 Å². The molecule has 0 aromatic carbocycles. The van der Waals surface area contributed by atoms with E-state index in [4.69, 9.17) is 9.47 Å². The molecule has 6 N–H and O–H groups in total. The van der Waals surface area contributed by atoms with Crippen LogP contribution in [0, 0.1) is 45.8 Å². The molecule has 4 aliphatic carbocycles. The Morgan fingerprint density at radius 2 is 1.56 bits per heavy atom. The summed E-state index contributed by atoms with van der Waals surface area (Å²) in [7, 11) is 0. The molecule has 4 saturated carbocycles. The molecule has 10 unspecified atom stereocenters. The van der Waals surface area contributed by atoms with Crippen molar-refractivity contribution in [2.24, 2.45) is 45.8 Å². The van der Waals surface area contributed by atoms with Gasteiger partial charge >= 0.3 is 0 Å². The van der Waals surface area contributed by atoms with Crippen LogP contribution in [0.4, 0.5) is 0 Å². The molecule has 1 aliphatic heterocycles. The lowest BCUT2D eigenvalue weighted by molar-refractivity contribution is -0.335. The molecular weight excluding hydrogens is 548 g/mol. The molecule has 8 heteroatoms. The van der Waals surface area contributed by atoms with Crippen molar-refractivity contribution in [1.82, 2.24) is 0 Å². The molecular formula is C35H60O8. The fourth-order valence-electron chi connectivity index (χ4n) is 11.2. The zero-order valence-electron chi connectivity index (χ0n) is 27.6. The summed E-state index contributed by atoms with van der Waals surface area (Å²) in [6.07, 6.45) is 2.81. The Morgan fingerprint density at radius 3 is 2.21 bits per heavy atom. The highest BCUT2D eigenvalue weighted by molar-refractivity contribution is 5.18. The number of fused-ring (bicyclic) bond motifs is 5. The van der Waals surface area contributed by atoms with Crippen molar-refractivity contribution in [2.75, 3.05) is 6.61 Å². The van der Waals surface area contributed by atoms with Gasteiger partial charge in [-0.2, -0.15) is 0 Å².